The normalized spacial score (nSPS) is 12.1. The van der Waals surface area contributed by atoms with Gasteiger partial charge in [-0.25, -0.2) is 0 Å². The van der Waals surface area contributed by atoms with Crippen LogP contribution in [0, 0.1) is 0 Å². The molecule has 0 aliphatic carbocycles. The molecule has 0 spiro atoms. The molecule has 1 atom stereocenters. The third kappa shape index (κ3) is 24.0. The van der Waals surface area contributed by atoms with E-state index >= 15 is 0 Å². The van der Waals surface area contributed by atoms with Crippen LogP contribution < -0.4 is 5.32 Å². The SMILES string of the molecule is CCCCCCCCCCCCCCCCOC(=O)CC(NCCCCCCCCC)C(=O)O. The smallest absolute Gasteiger partial charge is 0.321 e. The summed E-state index contributed by atoms with van der Waals surface area (Å²) >= 11 is 0. The van der Waals surface area contributed by atoms with Gasteiger partial charge in [-0.15, -0.1) is 0 Å². The number of ether oxygens (including phenoxy) is 1. The minimum atomic E-state index is -0.976. The topological polar surface area (TPSA) is 75.6 Å². The van der Waals surface area contributed by atoms with Crippen molar-refractivity contribution in [1.29, 1.82) is 0 Å². The summed E-state index contributed by atoms with van der Waals surface area (Å²) in [5, 5.41) is 12.4. The number of rotatable bonds is 27. The lowest BCUT2D eigenvalue weighted by Crippen LogP contribution is -2.39. The number of carboxylic acid groups (broad SMARTS) is 1. The summed E-state index contributed by atoms with van der Waals surface area (Å²) in [4.78, 5) is 23.4. The minimum absolute atomic E-state index is 0.0928. The van der Waals surface area contributed by atoms with Gasteiger partial charge in [-0.05, 0) is 19.4 Å². The molecule has 0 saturated carbocycles. The van der Waals surface area contributed by atoms with Crippen LogP contribution in [0.3, 0.4) is 0 Å². The first kappa shape index (κ1) is 32.9. The van der Waals surface area contributed by atoms with Crippen LogP contribution in [-0.2, 0) is 14.3 Å². The van der Waals surface area contributed by atoms with Gasteiger partial charge in [0.05, 0.1) is 13.0 Å². The molecule has 5 heteroatoms. The van der Waals surface area contributed by atoms with E-state index in [0.717, 1.165) is 25.7 Å². The molecule has 0 amide bonds. The van der Waals surface area contributed by atoms with E-state index in [1.165, 1.54) is 109 Å². The molecule has 0 aromatic heterocycles. The number of aliphatic carboxylic acids is 1. The standard InChI is InChI=1S/C29H57NO4/c1-3-5-7-9-11-12-13-14-15-16-17-19-21-23-25-34-28(31)26-27(29(32)33)30-24-22-20-18-10-8-6-4-2/h27,30H,3-26H2,1-2H3,(H,32,33). The van der Waals surface area contributed by atoms with Crippen LogP contribution in [0.5, 0.6) is 0 Å². The van der Waals surface area contributed by atoms with Crippen molar-refractivity contribution >= 4 is 11.9 Å². The number of nitrogens with one attached hydrogen (secondary N) is 1. The average molecular weight is 484 g/mol. The summed E-state index contributed by atoms with van der Waals surface area (Å²) in [5.74, 6) is -1.38. The fraction of sp³-hybridized carbons (Fsp3) is 0.931. The van der Waals surface area contributed by atoms with Gasteiger partial charge in [0, 0.05) is 0 Å². The summed E-state index contributed by atoms with van der Waals surface area (Å²) < 4.78 is 5.27. The lowest BCUT2D eigenvalue weighted by Gasteiger charge is -2.14. The van der Waals surface area contributed by atoms with E-state index in [1.54, 1.807) is 0 Å². The zero-order valence-electron chi connectivity index (χ0n) is 22.7. The Labute approximate surface area is 211 Å². The highest BCUT2D eigenvalue weighted by Gasteiger charge is 2.21. The molecule has 2 N–H and O–H groups in total. The second kappa shape index (κ2) is 26.5. The molecule has 0 aliphatic rings. The van der Waals surface area contributed by atoms with E-state index < -0.39 is 18.0 Å². The van der Waals surface area contributed by atoms with Gasteiger partial charge in [-0.3, -0.25) is 9.59 Å². The molecule has 0 bridgehead atoms. The van der Waals surface area contributed by atoms with Crippen molar-refractivity contribution in [2.45, 2.75) is 161 Å². The fourth-order valence-electron chi connectivity index (χ4n) is 4.31. The van der Waals surface area contributed by atoms with Gasteiger partial charge >= 0.3 is 11.9 Å². The molecule has 0 saturated heterocycles. The van der Waals surface area contributed by atoms with Crippen molar-refractivity contribution in [2.75, 3.05) is 13.2 Å². The Hall–Kier alpha value is -1.10. The fourth-order valence-corrected chi connectivity index (χ4v) is 4.31. The predicted octanol–water partition coefficient (Wildman–Crippen LogP) is 8.19. The van der Waals surface area contributed by atoms with E-state index in [0.29, 0.717) is 13.2 Å². The maximum absolute atomic E-state index is 12.0. The molecule has 1 unspecified atom stereocenters. The van der Waals surface area contributed by atoms with Crippen molar-refractivity contribution in [1.82, 2.24) is 5.32 Å². The number of carboxylic acids is 1. The van der Waals surface area contributed by atoms with Crippen LogP contribution in [-0.4, -0.2) is 36.2 Å². The first-order chi connectivity index (χ1) is 16.6. The third-order valence-corrected chi connectivity index (χ3v) is 6.60. The van der Waals surface area contributed by atoms with Gasteiger partial charge < -0.3 is 15.2 Å². The highest BCUT2D eigenvalue weighted by molar-refractivity contribution is 5.81. The van der Waals surface area contributed by atoms with Gasteiger partial charge in [-0.1, -0.05) is 136 Å². The Balaban J connectivity index is 3.52. The Morgan fingerprint density at radius 1 is 0.618 bits per heavy atom. The highest BCUT2D eigenvalue weighted by Crippen LogP contribution is 2.13. The largest absolute Gasteiger partial charge is 0.480 e. The van der Waals surface area contributed by atoms with Gasteiger partial charge in [0.15, 0.2) is 0 Å². The molecule has 0 aromatic rings. The number of unbranched alkanes of at least 4 members (excludes halogenated alkanes) is 19. The minimum Gasteiger partial charge on any atom is -0.480 e. The van der Waals surface area contributed by atoms with Gasteiger partial charge in [0.25, 0.3) is 0 Å². The van der Waals surface area contributed by atoms with Crippen LogP contribution >= 0.6 is 0 Å². The zero-order chi connectivity index (χ0) is 25.1. The molecule has 34 heavy (non-hydrogen) atoms. The van der Waals surface area contributed by atoms with Crippen molar-refractivity contribution < 1.29 is 19.4 Å². The summed E-state index contributed by atoms with van der Waals surface area (Å²) in [6.07, 6.45) is 26.3. The molecule has 0 aliphatic heterocycles. The van der Waals surface area contributed by atoms with E-state index in [-0.39, 0.29) is 6.42 Å². The second-order valence-electron chi connectivity index (χ2n) is 9.99. The summed E-state index contributed by atoms with van der Waals surface area (Å²) in [5.41, 5.74) is 0. The average Bonchev–Trinajstić information content (AvgIpc) is 2.82. The van der Waals surface area contributed by atoms with Crippen molar-refractivity contribution in [3.8, 4) is 0 Å². The number of esters is 1. The Morgan fingerprint density at radius 2 is 1.00 bits per heavy atom. The van der Waals surface area contributed by atoms with Crippen molar-refractivity contribution in [3.05, 3.63) is 0 Å². The summed E-state index contributed by atoms with van der Waals surface area (Å²) in [6.45, 7) is 5.51. The Bertz CT molecular complexity index is 455. The molecule has 5 nitrogen and oxygen atoms in total. The predicted molar refractivity (Wildman–Crippen MR) is 143 cm³/mol. The molecule has 202 valence electrons. The first-order valence-electron chi connectivity index (χ1n) is 14.7. The monoisotopic (exact) mass is 483 g/mol. The summed E-state index contributed by atoms with van der Waals surface area (Å²) in [6, 6.07) is -0.844. The maximum atomic E-state index is 12.0. The Morgan fingerprint density at radius 3 is 1.41 bits per heavy atom. The molecule has 0 fully saturated rings. The third-order valence-electron chi connectivity index (χ3n) is 6.60. The van der Waals surface area contributed by atoms with Gasteiger partial charge in [0.2, 0.25) is 0 Å². The van der Waals surface area contributed by atoms with Crippen molar-refractivity contribution in [3.63, 3.8) is 0 Å². The first-order valence-corrected chi connectivity index (χ1v) is 14.7. The van der Waals surface area contributed by atoms with Crippen LogP contribution in [0.4, 0.5) is 0 Å². The van der Waals surface area contributed by atoms with Gasteiger partial charge in [-0.2, -0.15) is 0 Å². The second-order valence-corrected chi connectivity index (χ2v) is 9.99. The Kier molecular flexibility index (Phi) is 25.6. The lowest BCUT2D eigenvalue weighted by atomic mass is 10.0. The zero-order valence-corrected chi connectivity index (χ0v) is 22.7. The van der Waals surface area contributed by atoms with E-state index in [2.05, 4.69) is 19.2 Å². The molecular formula is C29H57NO4. The molecular weight excluding hydrogens is 426 g/mol. The molecule has 0 aromatic carbocycles. The molecule has 0 rings (SSSR count). The number of carbonyl (C=O) groups excluding carboxylic acids is 1. The maximum Gasteiger partial charge on any atom is 0.321 e. The van der Waals surface area contributed by atoms with E-state index in [4.69, 9.17) is 4.74 Å². The van der Waals surface area contributed by atoms with Crippen LogP contribution in [0.25, 0.3) is 0 Å². The molecule has 0 heterocycles. The molecule has 0 radical (unpaired) electrons. The lowest BCUT2D eigenvalue weighted by molar-refractivity contribution is -0.149. The number of carbonyl (C=O) groups is 2. The van der Waals surface area contributed by atoms with Crippen molar-refractivity contribution in [2.24, 2.45) is 0 Å². The number of hydrogen-bond acceptors (Lipinski definition) is 4. The van der Waals surface area contributed by atoms with Gasteiger partial charge in [0.1, 0.15) is 6.04 Å². The van der Waals surface area contributed by atoms with Crippen LogP contribution in [0.15, 0.2) is 0 Å². The van der Waals surface area contributed by atoms with E-state index in [1.807, 2.05) is 0 Å². The quantitative estimate of drug-likeness (QED) is 0.0909. The highest BCUT2D eigenvalue weighted by atomic mass is 16.5. The van der Waals surface area contributed by atoms with Crippen LogP contribution in [0.1, 0.15) is 155 Å². The van der Waals surface area contributed by atoms with E-state index in [9.17, 15) is 14.7 Å². The number of hydrogen-bond donors (Lipinski definition) is 2. The van der Waals surface area contributed by atoms with Crippen LogP contribution in [0.2, 0.25) is 0 Å². The summed E-state index contributed by atoms with van der Waals surface area (Å²) in [7, 11) is 0.